The third kappa shape index (κ3) is 6.95. The molecule has 2 amide bonds. The normalized spacial score (nSPS) is 20.1. The van der Waals surface area contributed by atoms with E-state index in [1.54, 1.807) is 0 Å². The van der Waals surface area contributed by atoms with Gasteiger partial charge in [0.1, 0.15) is 0 Å². The van der Waals surface area contributed by atoms with Gasteiger partial charge < -0.3 is 15.4 Å². The lowest BCUT2D eigenvalue weighted by Crippen LogP contribution is -2.48. The number of hydrogen-bond acceptors (Lipinski definition) is 6. The van der Waals surface area contributed by atoms with E-state index >= 15 is 0 Å². The Balaban J connectivity index is 1.62. The Morgan fingerprint density at radius 1 is 1.15 bits per heavy atom. The van der Waals surface area contributed by atoms with Crippen molar-refractivity contribution in [2.24, 2.45) is 0 Å². The second-order valence-corrected chi connectivity index (χ2v) is 6.68. The average molecular weight is 378 g/mol. The van der Waals surface area contributed by atoms with Crippen LogP contribution in [0.5, 0.6) is 0 Å². The number of hydrogen-bond donors (Lipinski definition) is 2. The molecule has 0 radical (unpaired) electrons. The maximum atomic E-state index is 12.0. The van der Waals surface area contributed by atoms with Gasteiger partial charge in [0.05, 0.1) is 17.1 Å². The number of ether oxygens (including phenoxy) is 1. The Morgan fingerprint density at radius 3 is 2.37 bits per heavy atom. The van der Waals surface area contributed by atoms with Crippen molar-refractivity contribution in [3.8, 4) is 0 Å². The van der Waals surface area contributed by atoms with Gasteiger partial charge in [-0.2, -0.15) is 0 Å². The molecule has 2 N–H and O–H groups in total. The van der Waals surface area contributed by atoms with Crippen LogP contribution in [0.15, 0.2) is 24.3 Å². The fraction of sp³-hybridized carbons (Fsp3) is 0.556. The molecule has 1 saturated heterocycles. The molecule has 0 bridgehead atoms. The summed E-state index contributed by atoms with van der Waals surface area (Å²) >= 11 is 0. The van der Waals surface area contributed by atoms with Gasteiger partial charge in [-0.1, -0.05) is 0 Å². The van der Waals surface area contributed by atoms with Gasteiger partial charge in [0.2, 0.25) is 5.91 Å². The number of carbonyl (C=O) groups is 2. The number of carbonyl (C=O) groups excluding carboxylic acids is 2. The molecule has 1 fully saturated rings. The van der Waals surface area contributed by atoms with E-state index in [0.717, 1.165) is 19.6 Å². The second-order valence-electron chi connectivity index (χ2n) is 6.68. The minimum atomic E-state index is -0.524. The van der Waals surface area contributed by atoms with Crippen LogP contribution in [-0.4, -0.2) is 66.6 Å². The molecule has 0 aliphatic carbocycles. The van der Waals surface area contributed by atoms with Gasteiger partial charge in [-0.3, -0.25) is 24.6 Å². The number of rotatable bonds is 8. The molecule has 9 heteroatoms. The zero-order chi connectivity index (χ0) is 19.8. The first-order valence-corrected chi connectivity index (χ1v) is 9.02. The molecule has 0 saturated carbocycles. The quantitative estimate of drug-likeness (QED) is 0.514. The fourth-order valence-corrected chi connectivity index (χ4v) is 3.03. The van der Waals surface area contributed by atoms with Gasteiger partial charge in [0, 0.05) is 56.8 Å². The first-order chi connectivity index (χ1) is 12.8. The predicted molar refractivity (Wildman–Crippen MR) is 99.5 cm³/mol. The van der Waals surface area contributed by atoms with Crippen LogP contribution < -0.4 is 10.6 Å². The summed E-state index contributed by atoms with van der Waals surface area (Å²) in [5, 5.41) is 16.1. The number of nitro groups is 1. The van der Waals surface area contributed by atoms with E-state index in [1.807, 2.05) is 13.8 Å². The van der Waals surface area contributed by atoms with Gasteiger partial charge in [-0.15, -0.1) is 0 Å². The summed E-state index contributed by atoms with van der Waals surface area (Å²) in [7, 11) is 0. The zero-order valence-corrected chi connectivity index (χ0v) is 15.6. The Bertz CT molecular complexity index is 654. The molecule has 1 aromatic carbocycles. The SMILES string of the molecule is CC1CN(CCNC(=O)CCNC(=O)c2ccc([N+](=O)[O-])cc2)CC(C)O1. The van der Waals surface area contributed by atoms with Crippen LogP contribution >= 0.6 is 0 Å². The lowest BCUT2D eigenvalue weighted by molar-refractivity contribution is -0.384. The monoisotopic (exact) mass is 378 g/mol. The van der Waals surface area contributed by atoms with Crippen LogP contribution in [-0.2, 0) is 9.53 Å². The topological polar surface area (TPSA) is 114 Å². The second kappa shape index (κ2) is 9.98. The van der Waals surface area contributed by atoms with Crippen molar-refractivity contribution in [2.75, 3.05) is 32.7 Å². The summed E-state index contributed by atoms with van der Waals surface area (Å²) in [4.78, 5) is 36.2. The number of morpholine rings is 1. The molecular weight excluding hydrogens is 352 g/mol. The smallest absolute Gasteiger partial charge is 0.269 e. The van der Waals surface area contributed by atoms with E-state index in [1.165, 1.54) is 24.3 Å². The number of non-ortho nitro benzene ring substituents is 1. The van der Waals surface area contributed by atoms with Crippen molar-refractivity contribution in [3.63, 3.8) is 0 Å². The zero-order valence-electron chi connectivity index (χ0n) is 15.6. The van der Waals surface area contributed by atoms with E-state index in [0.29, 0.717) is 12.1 Å². The lowest BCUT2D eigenvalue weighted by Gasteiger charge is -2.35. The Morgan fingerprint density at radius 2 is 1.78 bits per heavy atom. The summed E-state index contributed by atoms with van der Waals surface area (Å²) < 4.78 is 5.67. The van der Waals surface area contributed by atoms with Crippen LogP contribution in [0.4, 0.5) is 5.69 Å². The molecule has 1 aromatic rings. The number of nitrogens with zero attached hydrogens (tertiary/aromatic N) is 2. The standard InChI is InChI=1S/C18H26N4O5/c1-13-11-21(12-14(2)27-13)10-9-19-17(23)7-8-20-18(24)15-3-5-16(6-4-15)22(25)26/h3-6,13-14H,7-12H2,1-2H3,(H,19,23)(H,20,24). The molecule has 2 unspecified atom stereocenters. The van der Waals surface area contributed by atoms with Gasteiger partial charge in [-0.05, 0) is 26.0 Å². The van der Waals surface area contributed by atoms with E-state index in [9.17, 15) is 19.7 Å². The highest BCUT2D eigenvalue weighted by Crippen LogP contribution is 2.12. The highest BCUT2D eigenvalue weighted by atomic mass is 16.6. The van der Waals surface area contributed by atoms with Crippen molar-refractivity contribution in [3.05, 3.63) is 39.9 Å². The third-order valence-corrected chi connectivity index (χ3v) is 4.22. The van der Waals surface area contributed by atoms with E-state index < -0.39 is 4.92 Å². The summed E-state index contributed by atoms with van der Waals surface area (Å²) in [6, 6.07) is 5.32. The third-order valence-electron chi connectivity index (χ3n) is 4.22. The molecule has 1 heterocycles. The van der Waals surface area contributed by atoms with Crippen LogP contribution in [0.25, 0.3) is 0 Å². The van der Waals surface area contributed by atoms with Crippen LogP contribution in [0.1, 0.15) is 30.6 Å². The summed E-state index contributed by atoms with van der Waals surface area (Å²) in [5.41, 5.74) is 0.242. The molecule has 0 aromatic heterocycles. The maximum Gasteiger partial charge on any atom is 0.269 e. The minimum absolute atomic E-state index is 0.0741. The average Bonchev–Trinajstić information content (AvgIpc) is 2.61. The highest BCUT2D eigenvalue weighted by Gasteiger charge is 2.21. The molecule has 1 aliphatic heterocycles. The summed E-state index contributed by atoms with van der Waals surface area (Å²) in [6.45, 7) is 7.29. The van der Waals surface area contributed by atoms with E-state index in [-0.39, 0.29) is 42.7 Å². The van der Waals surface area contributed by atoms with Gasteiger partial charge in [0.25, 0.3) is 11.6 Å². The van der Waals surface area contributed by atoms with E-state index in [2.05, 4.69) is 15.5 Å². The van der Waals surface area contributed by atoms with Gasteiger partial charge >= 0.3 is 0 Å². The van der Waals surface area contributed by atoms with Crippen molar-refractivity contribution in [2.45, 2.75) is 32.5 Å². The summed E-state index contributed by atoms with van der Waals surface area (Å²) in [6.07, 6.45) is 0.562. The number of nitrogens with one attached hydrogen (secondary N) is 2. The maximum absolute atomic E-state index is 12.0. The number of nitro benzene ring substituents is 1. The van der Waals surface area contributed by atoms with E-state index in [4.69, 9.17) is 4.74 Å². The van der Waals surface area contributed by atoms with Crippen molar-refractivity contribution < 1.29 is 19.2 Å². The highest BCUT2D eigenvalue weighted by molar-refractivity contribution is 5.94. The number of amides is 2. The Kier molecular flexibility index (Phi) is 7.68. The first kappa shape index (κ1) is 20.8. The molecule has 2 rings (SSSR count). The van der Waals surface area contributed by atoms with Gasteiger partial charge in [0.15, 0.2) is 0 Å². The minimum Gasteiger partial charge on any atom is -0.373 e. The Labute approximate surface area is 158 Å². The molecule has 148 valence electrons. The van der Waals surface area contributed by atoms with Crippen LogP contribution in [0.2, 0.25) is 0 Å². The van der Waals surface area contributed by atoms with Crippen molar-refractivity contribution in [1.29, 1.82) is 0 Å². The lowest BCUT2D eigenvalue weighted by atomic mass is 10.2. The van der Waals surface area contributed by atoms with Crippen LogP contribution in [0.3, 0.4) is 0 Å². The van der Waals surface area contributed by atoms with Gasteiger partial charge in [-0.25, -0.2) is 0 Å². The molecule has 9 nitrogen and oxygen atoms in total. The van der Waals surface area contributed by atoms with Crippen molar-refractivity contribution >= 4 is 17.5 Å². The number of benzene rings is 1. The molecule has 1 aliphatic rings. The van der Waals surface area contributed by atoms with Crippen LogP contribution in [0, 0.1) is 10.1 Å². The molecule has 0 spiro atoms. The molecule has 2 atom stereocenters. The van der Waals surface area contributed by atoms with Crippen molar-refractivity contribution in [1.82, 2.24) is 15.5 Å². The predicted octanol–water partition coefficient (Wildman–Crippen LogP) is 0.940. The first-order valence-electron chi connectivity index (χ1n) is 9.02. The Hall–Kier alpha value is -2.52. The molecular formula is C18H26N4O5. The summed E-state index contributed by atoms with van der Waals surface area (Å²) in [5.74, 6) is -0.498. The fourth-order valence-electron chi connectivity index (χ4n) is 3.03. The molecule has 27 heavy (non-hydrogen) atoms. The largest absolute Gasteiger partial charge is 0.373 e.